The summed E-state index contributed by atoms with van der Waals surface area (Å²) in [5, 5.41) is 1.08. The Kier molecular flexibility index (Phi) is 6.24. The van der Waals surface area contributed by atoms with E-state index in [4.69, 9.17) is 20.8 Å². The molecule has 0 spiro atoms. The van der Waals surface area contributed by atoms with E-state index >= 15 is 0 Å². The van der Waals surface area contributed by atoms with E-state index < -0.39 is 28.3 Å². The first-order chi connectivity index (χ1) is 13.6. The molecule has 3 rings (SSSR count). The summed E-state index contributed by atoms with van der Waals surface area (Å²) in [6.45, 7) is 5.52. The zero-order valence-corrected chi connectivity index (χ0v) is 18.2. The molecular formula is C20H24ClNO6S. The van der Waals surface area contributed by atoms with E-state index in [1.54, 1.807) is 25.1 Å². The van der Waals surface area contributed by atoms with Crippen LogP contribution in [0.5, 0.6) is 0 Å². The summed E-state index contributed by atoms with van der Waals surface area (Å²) in [6.07, 6.45) is 0.399. The molecule has 1 atom stereocenters. The van der Waals surface area contributed by atoms with Crippen LogP contribution in [0.15, 0.2) is 22.6 Å². The number of nitrogens with zero attached hydrogens (tertiary/aromatic N) is 1. The maximum atomic E-state index is 12.7. The maximum Gasteiger partial charge on any atom is 0.375 e. The maximum absolute atomic E-state index is 12.7. The molecule has 9 heteroatoms. The van der Waals surface area contributed by atoms with Crippen molar-refractivity contribution in [3.63, 3.8) is 0 Å². The number of esters is 1. The average molecular weight is 442 g/mol. The third-order valence-corrected chi connectivity index (χ3v) is 7.01. The van der Waals surface area contributed by atoms with Crippen LogP contribution in [0.25, 0.3) is 11.0 Å². The number of aryl methyl sites for hydroxylation is 1. The van der Waals surface area contributed by atoms with E-state index in [-0.39, 0.29) is 29.2 Å². The van der Waals surface area contributed by atoms with Crippen LogP contribution >= 0.6 is 11.6 Å². The summed E-state index contributed by atoms with van der Waals surface area (Å²) in [5.74, 6) is -1.01. The van der Waals surface area contributed by atoms with Gasteiger partial charge in [0.25, 0.3) is 5.91 Å². The summed E-state index contributed by atoms with van der Waals surface area (Å²) in [6, 6.07) is 4.81. The summed E-state index contributed by atoms with van der Waals surface area (Å²) in [5.41, 5.74) is 0.975. The number of fused-ring (bicyclic) bond motifs is 1. The molecular weight excluding hydrogens is 418 g/mol. The van der Waals surface area contributed by atoms with Crippen molar-refractivity contribution < 1.29 is 27.2 Å². The highest BCUT2D eigenvalue weighted by atomic mass is 35.5. The van der Waals surface area contributed by atoms with Crippen LogP contribution in [0, 0.1) is 12.8 Å². The van der Waals surface area contributed by atoms with Gasteiger partial charge < -0.3 is 14.1 Å². The van der Waals surface area contributed by atoms with Crippen LogP contribution in [0.2, 0.25) is 5.02 Å². The van der Waals surface area contributed by atoms with Gasteiger partial charge in [-0.25, -0.2) is 13.2 Å². The predicted octanol–water partition coefficient (Wildman–Crippen LogP) is 3.22. The summed E-state index contributed by atoms with van der Waals surface area (Å²) < 4.78 is 34.4. The van der Waals surface area contributed by atoms with Crippen molar-refractivity contribution in [1.82, 2.24) is 4.90 Å². The van der Waals surface area contributed by atoms with Gasteiger partial charge >= 0.3 is 5.97 Å². The molecule has 1 amide bonds. The smallest absolute Gasteiger partial charge is 0.375 e. The molecule has 1 aliphatic rings. The van der Waals surface area contributed by atoms with E-state index in [1.165, 1.54) is 4.90 Å². The third-order valence-electron chi connectivity index (χ3n) is 4.96. The fourth-order valence-electron chi connectivity index (χ4n) is 3.55. The molecule has 1 saturated heterocycles. The number of halogens is 1. The van der Waals surface area contributed by atoms with Gasteiger partial charge in [-0.15, -0.1) is 0 Å². The highest BCUT2D eigenvalue weighted by Gasteiger charge is 2.35. The highest BCUT2D eigenvalue weighted by Crippen LogP contribution is 2.31. The number of ether oxygens (including phenoxy) is 1. The Bertz CT molecular complexity index is 1040. The molecule has 1 aromatic heterocycles. The molecule has 1 aromatic carbocycles. The molecule has 29 heavy (non-hydrogen) atoms. The molecule has 0 unspecified atom stereocenters. The molecule has 2 aromatic rings. The molecule has 0 saturated carbocycles. The van der Waals surface area contributed by atoms with Gasteiger partial charge in [0.15, 0.2) is 22.0 Å². The van der Waals surface area contributed by atoms with Gasteiger partial charge in [0, 0.05) is 23.5 Å². The zero-order valence-electron chi connectivity index (χ0n) is 16.6. The van der Waals surface area contributed by atoms with Crippen molar-refractivity contribution >= 4 is 44.3 Å². The van der Waals surface area contributed by atoms with Crippen molar-refractivity contribution in [2.24, 2.45) is 5.92 Å². The number of sulfone groups is 1. The molecule has 0 radical (unpaired) electrons. The largest absolute Gasteiger partial charge is 0.450 e. The number of para-hydroxylation sites is 1. The molecule has 0 bridgehead atoms. The number of amides is 1. The number of hydrogen-bond donors (Lipinski definition) is 0. The fraction of sp³-hybridized carbons (Fsp3) is 0.500. The van der Waals surface area contributed by atoms with Crippen molar-refractivity contribution in [1.29, 1.82) is 0 Å². The summed E-state index contributed by atoms with van der Waals surface area (Å²) in [4.78, 5) is 26.7. The summed E-state index contributed by atoms with van der Waals surface area (Å²) >= 11 is 6.10. The summed E-state index contributed by atoms with van der Waals surface area (Å²) in [7, 11) is -3.14. The van der Waals surface area contributed by atoms with Crippen molar-refractivity contribution in [2.45, 2.75) is 33.2 Å². The van der Waals surface area contributed by atoms with Crippen molar-refractivity contribution in [2.75, 3.05) is 24.7 Å². The lowest BCUT2D eigenvalue weighted by atomic mass is 10.1. The van der Waals surface area contributed by atoms with Gasteiger partial charge in [-0.05, 0) is 25.3 Å². The Balaban J connectivity index is 1.72. The number of rotatable bonds is 6. The highest BCUT2D eigenvalue weighted by molar-refractivity contribution is 7.91. The van der Waals surface area contributed by atoms with E-state index in [0.29, 0.717) is 34.5 Å². The van der Waals surface area contributed by atoms with E-state index in [1.807, 2.05) is 13.8 Å². The first-order valence-electron chi connectivity index (χ1n) is 9.43. The lowest BCUT2D eigenvalue weighted by molar-refractivity contribution is -0.137. The molecule has 0 N–H and O–H groups in total. The van der Waals surface area contributed by atoms with Gasteiger partial charge in [0.05, 0.1) is 16.5 Å². The SMILES string of the molecule is Cc1c(C(=O)OCC(=O)N(CC(C)C)[C@@H]2CCS(=O)(=O)C2)oc2c(Cl)cccc12. The minimum absolute atomic E-state index is 0.000228. The zero-order chi connectivity index (χ0) is 21.3. The lowest BCUT2D eigenvalue weighted by Crippen LogP contribution is -2.45. The lowest BCUT2D eigenvalue weighted by Gasteiger charge is -2.29. The van der Waals surface area contributed by atoms with E-state index in [2.05, 4.69) is 0 Å². The quantitative estimate of drug-likeness (QED) is 0.639. The second-order valence-corrected chi connectivity index (χ2v) is 10.4. The first-order valence-corrected chi connectivity index (χ1v) is 11.6. The second kappa shape index (κ2) is 8.36. The molecule has 7 nitrogen and oxygen atoms in total. The van der Waals surface area contributed by atoms with Gasteiger partial charge in [0.2, 0.25) is 5.76 Å². The number of benzene rings is 1. The Labute approximate surface area is 174 Å². The Morgan fingerprint density at radius 1 is 1.34 bits per heavy atom. The van der Waals surface area contributed by atoms with Crippen molar-refractivity contribution in [3.8, 4) is 0 Å². The van der Waals surface area contributed by atoms with Crippen molar-refractivity contribution in [3.05, 3.63) is 34.5 Å². The number of furan rings is 1. The Morgan fingerprint density at radius 2 is 2.07 bits per heavy atom. The molecule has 0 aliphatic carbocycles. The first kappa shape index (κ1) is 21.6. The molecule has 1 aliphatic heterocycles. The van der Waals surface area contributed by atoms with Gasteiger partial charge in [-0.2, -0.15) is 0 Å². The number of carbonyl (C=O) groups excluding carboxylic acids is 2. The predicted molar refractivity (Wildman–Crippen MR) is 110 cm³/mol. The van der Waals surface area contributed by atoms with Gasteiger partial charge in [-0.1, -0.05) is 37.6 Å². The van der Waals surface area contributed by atoms with Crippen LogP contribution in [0.4, 0.5) is 0 Å². The second-order valence-electron chi connectivity index (χ2n) is 7.75. The van der Waals surface area contributed by atoms with E-state index in [9.17, 15) is 18.0 Å². The van der Waals surface area contributed by atoms with E-state index in [0.717, 1.165) is 0 Å². The molecule has 2 heterocycles. The fourth-order valence-corrected chi connectivity index (χ4v) is 5.49. The van der Waals surface area contributed by atoms with Gasteiger partial charge in [0.1, 0.15) is 0 Å². The van der Waals surface area contributed by atoms with Crippen LogP contribution in [0.1, 0.15) is 36.4 Å². The third kappa shape index (κ3) is 4.75. The number of hydrogen-bond acceptors (Lipinski definition) is 6. The minimum atomic E-state index is -3.14. The molecule has 158 valence electrons. The van der Waals surface area contributed by atoms with Crippen LogP contribution in [-0.4, -0.2) is 55.9 Å². The average Bonchev–Trinajstić information content (AvgIpc) is 3.18. The minimum Gasteiger partial charge on any atom is -0.450 e. The van der Waals surface area contributed by atoms with Crippen LogP contribution < -0.4 is 0 Å². The van der Waals surface area contributed by atoms with Gasteiger partial charge in [-0.3, -0.25) is 4.79 Å². The normalized spacial score (nSPS) is 18.3. The monoisotopic (exact) mass is 441 g/mol. The number of carbonyl (C=O) groups is 2. The Hall–Kier alpha value is -2.06. The standard InChI is InChI=1S/C20H24ClNO6S/c1-12(2)9-22(14-7-8-29(25,26)11-14)17(23)10-27-20(24)18-13(3)15-5-4-6-16(21)19(15)28-18/h4-6,12,14H,7-11H2,1-3H3/t14-/m1/s1. The molecule has 1 fully saturated rings. The topological polar surface area (TPSA) is 93.9 Å². The van der Waals surface area contributed by atoms with Crippen LogP contribution in [0.3, 0.4) is 0 Å². The Morgan fingerprint density at radius 3 is 2.66 bits per heavy atom. The van der Waals surface area contributed by atoms with Crippen LogP contribution in [-0.2, 0) is 19.4 Å².